The zero-order chi connectivity index (χ0) is 18.7. The summed E-state index contributed by atoms with van der Waals surface area (Å²) >= 11 is 0. The van der Waals surface area contributed by atoms with Gasteiger partial charge in [-0.15, -0.1) is 0 Å². The molecule has 1 amide bonds. The number of aromatic nitrogens is 3. The van der Waals surface area contributed by atoms with Gasteiger partial charge in [0.25, 0.3) is 5.91 Å². The third kappa shape index (κ3) is 3.79. The lowest BCUT2D eigenvalue weighted by molar-refractivity contribution is 0.0788. The van der Waals surface area contributed by atoms with E-state index in [2.05, 4.69) is 21.5 Å². The highest BCUT2D eigenvalue weighted by molar-refractivity contribution is 5.98. The van der Waals surface area contributed by atoms with Gasteiger partial charge in [-0.1, -0.05) is 6.92 Å². The van der Waals surface area contributed by atoms with Gasteiger partial charge in [0, 0.05) is 49.9 Å². The number of imidazole rings is 1. The molecule has 26 heavy (non-hydrogen) atoms. The zero-order valence-corrected chi connectivity index (χ0v) is 15.6. The topological polar surface area (TPSA) is 53.9 Å². The summed E-state index contributed by atoms with van der Waals surface area (Å²) in [6, 6.07) is 4.70. The third-order valence-electron chi connectivity index (χ3n) is 4.65. The number of fused-ring (bicyclic) bond motifs is 1. The van der Waals surface area contributed by atoms with Crippen molar-refractivity contribution in [3.63, 3.8) is 0 Å². The number of aryl methyl sites for hydroxylation is 3. The standard InChI is InChI=1S/C20H25FN4O/c1-4-8-25-10-7-22-19(25)6-5-9-24(3)20(26)18-13-16-14(2)11-15(21)12-17(16)23-18/h7,10-13,23H,4-6,8-9H2,1-3H3. The molecule has 1 aromatic carbocycles. The number of aromatic amines is 1. The summed E-state index contributed by atoms with van der Waals surface area (Å²) in [5.41, 5.74) is 1.96. The number of halogens is 1. The minimum absolute atomic E-state index is 0.0853. The van der Waals surface area contributed by atoms with Crippen LogP contribution in [0.15, 0.2) is 30.6 Å². The number of hydrogen-bond donors (Lipinski definition) is 1. The summed E-state index contributed by atoms with van der Waals surface area (Å²) in [7, 11) is 1.79. The molecule has 138 valence electrons. The maximum Gasteiger partial charge on any atom is 0.270 e. The molecule has 0 aliphatic carbocycles. The molecule has 5 nitrogen and oxygen atoms in total. The quantitative estimate of drug-likeness (QED) is 0.697. The van der Waals surface area contributed by atoms with E-state index in [1.165, 1.54) is 12.1 Å². The van der Waals surface area contributed by atoms with Gasteiger partial charge in [-0.05, 0) is 43.5 Å². The lowest BCUT2D eigenvalue weighted by Gasteiger charge is -2.16. The van der Waals surface area contributed by atoms with Gasteiger partial charge in [0.05, 0.1) is 0 Å². The molecular formula is C20H25FN4O. The largest absolute Gasteiger partial charge is 0.350 e. The molecule has 1 N–H and O–H groups in total. The van der Waals surface area contributed by atoms with Gasteiger partial charge in [-0.3, -0.25) is 4.79 Å². The first-order valence-electron chi connectivity index (χ1n) is 9.04. The van der Waals surface area contributed by atoms with Gasteiger partial charge in [0.1, 0.15) is 17.3 Å². The predicted octanol–water partition coefficient (Wildman–Crippen LogP) is 3.93. The Labute approximate surface area is 152 Å². The van der Waals surface area contributed by atoms with Crippen molar-refractivity contribution < 1.29 is 9.18 Å². The first-order valence-corrected chi connectivity index (χ1v) is 9.04. The average Bonchev–Trinajstić information content (AvgIpc) is 3.21. The zero-order valence-electron chi connectivity index (χ0n) is 15.6. The van der Waals surface area contributed by atoms with Crippen LogP contribution in [0.2, 0.25) is 0 Å². The van der Waals surface area contributed by atoms with Crippen LogP contribution in [-0.4, -0.2) is 38.9 Å². The molecule has 0 saturated carbocycles. The Morgan fingerprint density at radius 1 is 1.35 bits per heavy atom. The van der Waals surface area contributed by atoms with E-state index in [1.807, 2.05) is 19.3 Å². The highest BCUT2D eigenvalue weighted by atomic mass is 19.1. The van der Waals surface area contributed by atoms with Crippen molar-refractivity contribution in [3.8, 4) is 0 Å². The summed E-state index contributed by atoms with van der Waals surface area (Å²) in [5.74, 6) is 0.675. The van der Waals surface area contributed by atoms with Crippen LogP contribution in [0.1, 0.15) is 41.6 Å². The van der Waals surface area contributed by atoms with Crippen molar-refractivity contribution in [1.82, 2.24) is 19.4 Å². The molecule has 2 aromatic heterocycles. The summed E-state index contributed by atoms with van der Waals surface area (Å²) in [6.45, 7) is 5.59. The minimum atomic E-state index is -0.299. The smallest absolute Gasteiger partial charge is 0.270 e. The first-order chi connectivity index (χ1) is 12.5. The van der Waals surface area contributed by atoms with Gasteiger partial charge in [-0.25, -0.2) is 9.37 Å². The molecule has 0 fully saturated rings. The van der Waals surface area contributed by atoms with E-state index in [0.29, 0.717) is 17.8 Å². The van der Waals surface area contributed by atoms with Crippen molar-refractivity contribution in [2.24, 2.45) is 0 Å². The lowest BCUT2D eigenvalue weighted by atomic mass is 10.1. The van der Waals surface area contributed by atoms with Crippen LogP contribution in [0.3, 0.4) is 0 Å². The van der Waals surface area contributed by atoms with Crippen molar-refractivity contribution in [2.45, 2.75) is 39.7 Å². The Kier molecular flexibility index (Phi) is 5.40. The number of nitrogens with zero attached hydrogens (tertiary/aromatic N) is 3. The van der Waals surface area contributed by atoms with E-state index in [-0.39, 0.29) is 11.7 Å². The number of nitrogens with one attached hydrogen (secondary N) is 1. The molecule has 0 unspecified atom stereocenters. The van der Waals surface area contributed by atoms with Crippen LogP contribution >= 0.6 is 0 Å². The van der Waals surface area contributed by atoms with Crippen molar-refractivity contribution in [3.05, 3.63) is 53.5 Å². The van der Waals surface area contributed by atoms with Crippen LogP contribution in [-0.2, 0) is 13.0 Å². The average molecular weight is 356 g/mol. The number of rotatable bonds is 7. The molecule has 2 heterocycles. The molecule has 0 atom stereocenters. The second kappa shape index (κ2) is 7.72. The molecule has 0 bridgehead atoms. The molecule has 0 aliphatic rings. The Hall–Kier alpha value is -2.63. The van der Waals surface area contributed by atoms with Crippen molar-refractivity contribution in [1.29, 1.82) is 0 Å². The number of hydrogen-bond acceptors (Lipinski definition) is 2. The SMILES string of the molecule is CCCn1ccnc1CCCN(C)C(=O)c1cc2c(C)cc(F)cc2[nH]1. The van der Waals surface area contributed by atoms with E-state index in [0.717, 1.165) is 42.6 Å². The number of H-pyrrole nitrogens is 1. The van der Waals surface area contributed by atoms with E-state index in [4.69, 9.17) is 0 Å². The summed E-state index contributed by atoms with van der Waals surface area (Å²) < 4.78 is 15.7. The van der Waals surface area contributed by atoms with Gasteiger partial charge >= 0.3 is 0 Å². The highest BCUT2D eigenvalue weighted by Crippen LogP contribution is 2.21. The third-order valence-corrected chi connectivity index (χ3v) is 4.65. The monoisotopic (exact) mass is 356 g/mol. The fraction of sp³-hybridized carbons (Fsp3) is 0.400. The maximum atomic E-state index is 13.5. The second-order valence-electron chi connectivity index (χ2n) is 6.73. The lowest BCUT2D eigenvalue weighted by Crippen LogP contribution is -2.28. The van der Waals surface area contributed by atoms with E-state index < -0.39 is 0 Å². The Bertz CT molecular complexity index is 912. The number of carbonyl (C=O) groups excluding carboxylic acids is 1. The van der Waals surface area contributed by atoms with Crippen molar-refractivity contribution in [2.75, 3.05) is 13.6 Å². The first kappa shape index (κ1) is 18.2. The molecule has 3 rings (SSSR count). The van der Waals surface area contributed by atoms with Gasteiger partial charge in [-0.2, -0.15) is 0 Å². The molecule has 0 spiro atoms. The number of benzene rings is 1. The Morgan fingerprint density at radius 2 is 2.15 bits per heavy atom. The van der Waals surface area contributed by atoms with Crippen LogP contribution in [0.4, 0.5) is 4.39 Å². The van der Waals surface area contributed by atoms with Crippen LogP contribution in [0, 0.1) is 12.7 Å². The Morgan fingerprint density at radius 3 is 2.92 bits per heavy atom. The Balaban J connectivity index is 1.63. The molecule has 6 heteroatoms. The van der Waals surface area contributed by atoms with Crippen LogP contribution in [0.25, 0.3) is 10.9 Å². The summed E-state index contributed by atoms with van der Waals surface area (Å²) in [4.78, 5) is 21.8. The number of carbonyl (C=O) groups is 1. The summed E-state index contributed by atoms with van der Waals surface area (Å²) in [5, 5.41) is 0.879. The molecule has 0 aliphatic heterocycles. The van der Waals surface area contributed by atoms with Gasteiger partial charge < -0.3 is 14.5 Å². The number of amides is 1. The molecule has 0 radical (unpaired) electrons. The predicted molar refractivity (Wildman–Crippen MR) is 101 cm³/mol. The fourth-order valence-corrected chi connectivity index (χ4v) is 3.28. The van der Waals surface area contributed by atoms with E-state index in [1.54, 1.807) is 18.0 Å². The van der Waals surface area contributed by atoms with Gasteiger partial charge in [0.15, 0.2) is 0 Å². The molecular weight excluding hydrogens is 331 g/mol. The molecule has 0 saturated heterocycles. The molecule has 3 aromatic rings. The fourth-order valence-electron chi connectivity index (χ4n) is 3.28. The van der Waals surface area contributed by atoms with Gasteiger partial charge in [0.2, 0.25) is 0 Å². The van der Waals surface area contributed by atoms with E-state index >= 15 is 0 Å². The second-order valence-corrected chi connectivity index (χ2v) is 6.73. The maximum absolute atomic E-state index is 13.5. The minimum Gasteiger partial charge on any atom is -0.350 e. The van der Waals surface area contributed by atoms with Crippen LogP contribution < -0.4 is 0 Å². The highest BCUT2D eigenvalue weighted by Gasteiger charge is 2.16. The van der Waals surface area contributed by atoms with Crippen molar-refractivity contribution >= 4 is 16.8 Å². The van der Waals surface area contributed by atoms with E-state index in [9.17, 15) is 9.18 Å². The normalized spacial score (nSPS) is 11.2. The summed E-state index contributed by atoms with van der Waals surface area (Å²) in [6.07, 6.45) is 6.58. The van der Waals surface area contributed by atoms with Crippen LogP contribution in [0.5, 0.6) is 0 Å².